The number of rotatable bonds is 5. The monoisotopic (exact) mass is 282 g/mol. The molecule has 2 rings (SSSR count). The molecule has 0 aromatic rings. The van der Waals surface area contributed by atoms with Gasteiger partial charge in [0.2, 0.25) is 5.91 Å². The number of likely N-dealkylation sites (tertiary alicyclic amines) is 2. The number of piperidine rings is 2. The summed E-state index contributed by atoms with van der Waals surface area (Å²) in [5.74, 6) is 0.924. The Hall–Kier alpha value is -0.610. The van der Waals surface area contributed by atoms with Gasteiger partial charge in [-0.15, -0.1) is 0 Å². The zero-order chi connectivity index (χ0) is 14.6. The maximum atomic E-state index is 11.5. The van der Waals surface area contributed by atoms with Crippen molar-refractivity contribution >= 4 is 5.91 Å². The Morgan fingerprint density at radius 1 is 1.35 bits per heavy atom. The highest BCUT2D eigenvalue weighted by Crippen LogP contribution is 2.36. The van der Waals surface area contributed by atoms with E-state index in [1.54, 1.807) is 0 Å². The normalized spacial score (nSPS) is 27.9. The predicted molar refractivity (Wildman–Crippen MR) is 80.5 cm³/mol. The summed E-state index contributed by atoms with van der Waals surface area (Å²) >= 11 is 0. The van der Waals surface area contributed by atoms with Crippen molar-refractivity contribution in [2.45, 2.75) is 45.4 Å². The zero-order valence-electron chi connectivity index (χ0n) is 13.1. The van der Waals surface area contributed by atoms with Crippen LogP contribution in [0.2, 0.25) is 0 Å². The fraction of sp³-hybridized carbons (Fsp3) is 0.938. The number of nitrogens with zero attached hydrogens (tertiary/aromatic N) is 2. The van der Waals surface area contributed by atoms with Crippen molar-refractivity contribution in [2.75, 3.05) is 39.8 Å². The Balaban J connectivity index is 1.78. The number of carbonyl (C=O) groups excluding carboxylic acids is 1. The van der Waals surface area contributed by atoms with Gasteiger partial charge in [0.05, 0.1) is 0 Å². The first kappa shape index (κ1) is 15.8. The smallest absolute Gasteiger partial charge is 0.222 e. The van der Waals surface area contributed by atoms with E-state index in [-0.39, 0.29) is 5.41 Å². The molecule has 2 aliphatic rings. The number of aliphatic hydroxyl groups excluding tert-OH is 1. The summed E-state index contributed by atoms with van der Waals surface area (Å²) in [4.78, 5) is 15.9. The van der Waals surface area contributed by atoms with Crippen LogP contribution in [-0.4, -0.2) is 60.6 Å². The van der Waals surface area contributed by atoms with Gasteiger partial charge in [-0.2, -0.15) is 0 Å². The number of hydrogen-bond donors (Lipinski definition) is 1. The van der Waals surface area contributed by atoms with Crippen LogP contribution in [0.25, 0.3) is 0 Å². The molecule has 20 heavy (non-hydrogen) atoms. The fourth-order valence-electron chi connectivity index (χ4n) is 3.84. The molecular formula is C16H30N2O2. The number of aliphatic hydroxyl groups is 1. The molecule has 0 saturated carbocycles. The molecule has 1 unspecified atom stereocenters. The van der Waals surface area contributed by atoms with E-state index in [2.05, 4.69) is 11.8 Å². The van der Waals surface area contributed by atoms with Crippen LogP contribution >= 0.6 is 0 Å². The van der Waals surface area contributed by atoms with Gasteiger partial charge in [-0.05, 0) is 50.1 Å². The maximum absolute atomic E-state index is 11.5. The van der Waals surface area contributed by atoms with Crippen LogP contribution in [0.1, 0.15) is 45.4 Å². The van der Waals surface area contributed by atoms with Crippen LogP contribution in [0.3, 0.4) is 0 Å². The Morgan fingerprint density at radius 2 is 2.05 bits per heavy atom. The molecule has 1 N–H and O–H groups in total. The van der Waals surface area contributed by atoms with E-state index < -0.39 is 0 Å². The lowest BCUT2D eigenvalue weighted by Crippen LogP contribution is -2.46. The third-order valence-corrected chi connectivity index (χ3v) is 5.27. The van der Waals surface area contributed by atoms with Crippen LogP contribution in [0.5, 0.6) is 0 Å². The first-order valence-electron chi connectivity index (χ1n) is 8.16. The fourth-order valence-corrected chi connectivity index (χ4v) is 3.84. The van der Waals surface area contributed by atoms with Crippen LogP contribution in [-0.2, 0) is 4.79 Å². The molecule has 2 aliphatic heterocycles. The Bertz CT molecular complexity index is 324. The standard InChI is InChI=1S/C16H30N2O2/c1-3-6-16(13-19)7-9-18(10-8-16)12-14-4-5-15(20)17(2)11-14/h14,19H,3-13H2,1-2H3. The van der Waals surface area contributed by atoms with Crippen molar-refractivity contribution in [3.05, 3.63) is 0 Å². The topological polar surface area (TPSA) is 43.8 Å². The molecule has 4 heteroatoms. The first-order valence-corrected chi connectivity index (χ1v) is 8.16. The third kappa shape index (κ3) is 3.73. The number of hydrogen-bond acceptors (Lipinski definition) is 3. The van der Waals surface area contributed by atoms with E-state index in [0.717, 1.165) is 58.3 Å². The van der Waals surface area contributed by atoms with Crippen molar-refractivity contribution in [3.8, 4) is 0 Å². The van der Waals surface area contributed by atoms with Crippen molar-refractivity contribution in [1.82, 2.24) is 9.80 Å². The molecule has 0 spiro atoms. The van der Waals surface area contributed by atoms with Gasteiger partial charge in [0.15, 0.2) is 0 Å². The van der Waals surface area contributed by atoms with E-state index in [1.807, 2.05) is 11.9 Å². The second-order valence-corrected chi connectivity index (χ2v) is 6.89. The Labute approximate surface area is 123 Å². The molecule has 2 fully saturated rings. The largest absolute Gasteiger partial charge is 0.396 e. The average molecular weight is 282 g/mol. The number of carbonyl (C=O) groups is 1. The molecule has 4 nitrogen and oxygen atoms in total. The maximum Gasteiger partial charge on any atom is 0.222 e. The second kappa shape index (κ2) is 6.90. The Kier molecular flexibility index (Phi) is 5.44. The molecule has 0 bridgehead atoms. The van der Waals surface area contributed by atoms with Gasteiger partial charge in [-0.3, -0.25) is 4.79 Å². The summed E-state index contributed by atoms with van der Waals surface area (Å²) in [6, 6.07) is 0. The molecule has 0 aromatic carbocycles. The lowest BCUT2D eigenvalue weighted by atomic mass is 9.75. The van der Waals surface area contributed by atoms with Gasteiger partial charge in [0.25, 0.3) is 0 Å². The minimum absolute atomic E-state index is 0.185. The lowest BCUT2D eigenvalue weighted by molar-refractivity contribution is -0.133. The van der Waals surface area contributed by atoms with Gasteiger partial charge in [0.1, 0.15) is 0 Å². The van der Waals surface area contributed by atoms with E-state index >= 15 is 0 Å². The lowest BCUT2D eigenvalue weighted by Gasteiger charge is -2.42. The van der Waals surface area contributed by atoms with Crippen LogP contribution in [0.4, 0.5) is 0 Å². The van der Waals surface area contributed by atoms with E-state index in [9.17, 15) is 9.90 Å². The molecule has 0 aliphatic carbocycles. The van der Waals surface area contributed by atoms with Gasteiger partial charge in [0, 0.05) is 33.2 Å². The van der Waals surface area contributed by atoms with Crippen LogP contribution in [0, 0.1) is 11.3 Å². The summed E-state index contributed by atoms with van der Waals surface area (Å²) in [6.07, 6.45) is 6.32. The molecule has 0 radical (unpaired) electrons. The summed E-state index contributed by atoms with van der Waals surface area (Å²) in [6.45, 7) is 6.79. The highest BCUT2D eigenvalue weighted by molar-refractivity contribution is 5.76. The number of amides is 1. The average Bonchev–Trinajstić information content (AvgIpc) is 2.45. The van der Waals surface area contributed by atoms with Gasteiger partial charge < -0.3 is 14.9 Å². The van der Waals surface area contributed by atoms with Gasteiger partial charge in [-0.25, -0.2) is 0 Å². The Morgan fingerprint density at radius 3 is 2.60 bits per heavy atom. The summed E-state index contributed by atoms with van der Waals surface area (Å²) in [5, 5.41) is 9.68. The van der Waals surface area contributed by atoms with Gasteiger partial charge in [-0.1, -0.05) is 13.3 Å². The van der Waals surface area contributed by atoms with E-state index in [4.69, 9.17) is 0 Å². The quantitative estimate of drug-likeness (QED) is 0.835. The van der Waals surface area contributed by atoms with Gasteiger partial charge >= 0.3 is 0 Å². The highest BCUT2D eigenvalue weighted by Gasteiger charge is 2.34. The molecule has 1 amide bonds. The van der Waals surface area contributed by atoms with Crippen LogP contribution in [0.15, 0.2) is 0 Å². The van der Waals surface area contributed by atoms with E-state index in [0.29, 0.717) is 24.9 Å². The predicted octanol–water partition coefficient (Wildman–Crippen LogP) is 1.73. The molecule has 2 heterocycles. The minimum atomic E-state index is 0.185. The van der Waals surface area contributed by atoms with Crippen molar-refractivity contribution in [1.29, 1.82) is 0 Å². The SMILES string of the molecule is CCCC1(CO)CCN(CC2CCC(=O)N(C)C2)CC1. The molecule has 116 valence electrons. The molecule has 1 atom stereocenters. The van der Waals surface area contributed by atoms with Crippen LogP contribution < -0.4 is 0 Å². The summed E-state index contributed by atoms with van der Waals surface area (Å²) < 4.78 is 0. The van der Waals surface area contributed by atoms with E-state index in [1.165, 1.54) is 0 Å². The molecule has 2 saturated heterocycles. The summed E-state index contributed by atoms with van der Waals surface area (Å²) in [7, 11) is 1.92. The zero-order valence-corrected chi connectivity index (χ0v) is 13.1. The highest BCUT2D eigenvalue weighted by atomic mass is 16.3. The summed E-state index contributed by atoms with van der Waals surface area (Å²) in [5.41, 5.74) is 0.185. The van der Waals surface area contributed by atoms with Crippen molar-refractivity contribution in [2.24, 2.45) is 11.3 Å². The van der Waals surface area contributed by atoms with Crippen molar-refractivity contribution < 1.29 is 9.90 Å². The molecule has 0 aromatic heterocycles. The van der Waals surface area contributed by atoms with Crippen molar-refractivity contribution in [3.63, 3.8) is 0 Å². The minimum Gasteiger partial charge on any atom is -0.396 e. The molecular weight excluding hydrogens is 252 g/mol. The third-order valence-electron chi connectivity index (χ3n) is 5.27. The first-order chi connectivity index (χ1) is 9.58. The second-order valence-electron chi connectivity index (χ2n) is 6.89.